The van der Waals surface area contributed by atoms with Gasteiger partial charge in [0.15, 0.2) is 5.78 Å². The number of amides is 2. The Morgan fingerprint density at radius 2 is 1.59 bits per heavy atom. The van der Waals surface area contributed by atoms with Crippen molar-refractivity contribution in [3.63, 3.8) is 0 Å². The molecule has 0 heterocycles. The third kappa shape index (κ3) is 7.91. The maximum absolute atomic E-state index is 13.2. The molecule has 0 aliphatic carbocycles. The van der Waals surface area contributed by atoms with Gasteiger partial charge in [0.2, 0.25) is 5.78 Å². The molecular formula is C30H32N4O5. The minimum Gasteiger partial charge on any atom is -0.374 e. The average molecular weight is 529 g/mol. The van der Waals surface area contributed by atoms with Crippen molar-refractivity contribution in [3.05, 3.63) is 77.4 Å². The number of ketones is 3. The fourth-order valence-corrected chi connectivity index (χ4v) is 4.09. The number of carbonyl (C=O) groups is 5. The van der Waals surface area contributed by atoms with Gasteiger partial charge < -0.3 is 16.0 Å². The lowest BCUT2D eigenvalue weighted by atomic mass is 10.0. The zero-order chi connectivity index (χ0) is 28.5. The lowest BCUT2D eigenvalue weighted by Crippen LogP contribution is -2.46. The van der Waals surface area contributed by atoms with E-state index in [-0.39, 0.29) is 17.7 Å². The molecule has 0 aliphatic rings. The van der Waals surface area contributed by atoms with E-state index < -0.39 is 35.2 Å². The summed E-state index contributed by atoms with van der Waals surface area (Å²) in [7, 11) is 0. The number of aryl methyl sites for hydroxylation is 1. The van der Waals surface area contributed by atoms with Gasteiger partial charge in [-0.15, -0.1) is 0 Å². The molecule has 3 aromatic carbocycles. The number of amidine groups is 1. The minimum absolute atomic E-state index is 0.0266. The van der Waals surface area contributed by atoms with Crippen LogP contribution in [0.1, 0.15) is 59.4 Å². The standard InChI is InChI=1S/C30H32N4O5/c1-18-11-14-25(33-29(38)23-13-12-21-8-4-5-9-22(21)17-23)24(16-18)28(37)30(39)34-26(27(36)19(2)35)10-6-7-15-32-20(3)31/h4-5,8-9,11-14,16-17,26H,6-7,10,15H2,1-3H3,(H2,31,32)(H,33,38)(H,34,39). The van der Waals surface area contributed by atoms with Crippen molar-refractivity contribution in [2.24, 2.45) is 0 Å². The van der Waals surface area contributed by atoms with E-state index >= 15 is 0 Å². The van der Waals surface area contributed by atoms with E-state index in [1.54, 1.807) is 38.1 Å². The summed E-state index contributed by atoms with van der Waals surface area (Å²) in [5.74, 6) is -3.63. The summed E-state index contributed by atoms with van der Waals surface area (Å²) >= 11 is 0. The fourth-order valence-electron chi connectivity index (χ4n) is 4.09. The maximum Gasteiger partial charge on any atom is 0.293 e. The number of hydrogen-bond donors (Lipinski definition) is 4. The summed E-state index contributed by atoms with van der Waals surface area (Å²) in [5, 5.41) is 17.2. The highest BCUT2D eigenvalue weighted by Gasteiger charge is 2.28. The Morgan fingerprint density at radius 3 is 2.28 bits per heavy atom. The Hall–Kier alpha value is -4.66. The second-order valence-corrected chi connectivity index (χ2v) is 9.39. The van der Waals surface area contributed by atoms with Crippen LogP contribution in [-0.2, 0) is 14.4 Å². The van der Waals surface area contributed by atoms with Gasteiger partial charge in [0.1, 0.15) is 0 Å². The van der Waals surface area contributed by atoms with E-state index in [9.17, 15) is 24.0 Å². The molecule has 202 valence electrons. The Morgan fingerprint density at radius 1 is 0.872 bits per heavy atom. The fraction of sp³-hybridized carbons (Fsp3) is 0.267. The molecule has 3 aromatic rings. The van der Waals surface area contributed by atoms with Gasteiger partial charge in [0, 0.05) is 19.0 Å². The van der Waals surface area contributed by atoms with Crippen LogP contribution in [0.5, 0.6) is 0 Å². The number of Topliss-reactive ketones (excluding diaryl/α,β-unsaturated/α-hetero) is 3. The number of anilines is 1. The van der Waals surface area contributed by atoms with E-state index in [1.807, 2.05) is 30.3 Å². The molecular weight excluding hydrogens is 496 g/mol. The molecule has 0 aromatic heterocycles. The molecule has 0 fully saturated rings. The highest BCUT2D eigenvalue weighted by molar-refractivity contribution is 6.45. The molecule has 0 saturated heterocycles. The quantitative estimate of drug-likeness (QED) is 0.0920. The van der Waals surface area contributed by atoms with Crippen LogP contribution in [0.4, 0.5) is 5.69 Å². The van der Waals surface area contributed by atoms with E-state index in [1.165, 1.54) is 6.07 Å². The third-order valence-electron chi connectivity index (χ3n) is 6.16. The van der Waals surface area contributed by atoms with Crippen LogP contribution in [0.3, 0.4) is 0 Å². The first-order valence-corrected chi connectivity index (χ1v) is 12.7. The lowest BCUT2D eigenvalue weighted by molar-refractivity contribution is -0.137. The monoisotopic (exact) mass is 528 g/mol. The number of benzene rings is 3. The summed E-state index contributed by atoms with van der Waals surface area (Å²) in [6.45, 7) is 4.98. The molecule has 3 rings (SSSR count). The predicted molar refractivity (Wildman–Crippen MR) is 150 cm³/mol. The highest BCUT2D eigenvalue weighted by Crippen LogP contribution is 2.21. The second-order valence-electron chi connectivity index (χ2n) is 9.39. The van der Waals surface area contributed by atoms with Gasteiger partial charge in [-0.25, -0.2) is 0 Å². The number of nitrogens with one attached hydrogen (secondary N) is 4. The predicted octanol–water partition coefficient (Wildman–Crippen LogP) is 3.98. The molecule has 2 amide bonds. The molecule has 9 heteroatoms. The van der Waals surface area contributed by atoms with Crippen LogP contribution in [-0.4, -0.2) is 47.6 Å². The van der Waals surface area contributed by atoms with Gasteiger partial charge in [-0.05, 0) is 68.1 Å². The van der Waals surface area contributed by atoms with E-state index in [0.29, 0.717) is 36.3 Å². The molecule has 0 bridgehead atoms. The van der Waals surface area contributed by atoms with Crippen molar-refractivity contribution < 1.29 is 24.0 Å². The minimum atomic E-state index is -1.15. The number of rotatable bonds is 12. The van der Waals surface area contributed by atoms with Crippen molar-refractivity contribution in [2.45, 2.75) is 46.1 Å². The Labute approximate surface area is 226 Å². The normalized spacial score (nSPS) is 11.4. The van der Waals surface area contributed by atoms with Gasteiger partial charge in [0.25, 0.3) is 17.6 Å². The van der Waals surface area contributed by atoms with Crippen LogP contribution in [0, 0.1) is 12.3 Å². The van der Waals surface area contributed by atoms with Crippen molar-refractivity contribution in [3.8, 4) is 0 Å². The Balaban J connectivity index is 1.76. The number of hydrogen-bond acceptors (Lipinski definition) is 6. The van der Waals surface area contributed by atoms with Crippen LogP contribution in [0.15, 0.2) is 60.7 Å². The summed E-state index contributed by atoms with van der Waals surface area (Å²) in [4.78, 5) is 63.4. The van der Waals surface area contributed by atoms with Crippen molar-refractivity contribution in [1.29, 1.82) is 5.41 Å². The smallest absolute Gasteiger partial charge is 0.293 e. The highest BCUT2D eigenvalue weighted by atomic mass is 16.2. The largest absolute Gasteiger partial charge is 0.374 e. The van der Waals surface area contributed by atoms with Gasteiger partial charge in [0.05, 0.1) is 23.1 Å². The van der Waals surface area contributed by atoms with Crippen LogP contribution >= 0.6 is 0 Å². The molecule has 0 spiro atoms. The van der Waals surface area contributed by atoms with Crippen molar-refractivity contribution in [1.82, 2.24) is 10.6 Å². The summed E-state index contributed by atoms with van der Waals surface area (Å²) in [6.07, 6.45) is 1.25. The summed E-state index contributed by atoms with van der Waals surface area (Å²) in [5.41, 5.74) is 1.21. The number of fused-ring (bicyclic) bond motifs is 1. The maximum atomic E-state index is 13.2. The first kappa shape index (κ1) is 28.9. The van der Waals surface area contributed by atoms with Gasteiger partial charge in [-0.2, -0.15) is 0 Å². The first-order chi connectivity index (χ1) is 18.6. The molecule has 1 unspecified atom stereocenters. The van der Waals surface area contributed by atoms with Crippen molar-refractivity contribution in [2.75, 3.05) is 11.9 Å². The lowest BCUT2D eigenvalue weighted by Gasteiger charge is -2.17. The molecule has 39 heavy (non-hydrogen) atoms. The van der Waals surface area contributed by atoms with E-state index in [2.05, 4.69) is 16.0 Å². The first-order valence-electron chi connectivity index (χ1n) is 12.7. The SMILES string of the molecule is CC(=N)NCCCCC(NC(=O)C(=O)c1cc(C)ccc1NC(=O)c1ccc2ccccc2c1)C(=O)C(C)=O. The van der Waals surface area contributed by atoms with Crippen LogP contribution < -0.4 is 16.0 Å². The van der Waals surface area contributed by atoms with Gasteiger partial charge in [-0.1, -0.05) is 42.0 Å². The third-order valence-corrected chi connectivity index (χ3v) is 6.16. The van der Waals surface area contributed by atoms with Crippen LogP contribution in [0.2, 0.25) is 0 Å². The van der Waals surface area contributed by atoms with Gasteiger partial charge in [-0.3, -0.25) is 29.4 Å². The zero-order valence-electron chi connectivity index (χ0n) is 22.2. The molecule has 0 aliphatic heterocycles. The van der Waals surface area contributed by atoms with E-state index in [4.69, 9.17) is 5.41 Å². The zero-order valence-corrected chi connectivity index (χ0v) is 22.2. The molecule has 4 N–H and O–H groups in total. The number of carbonyl (C=O) groups excluding carboxylic acids is 5. The Kier molecular flexibility index (Phi) is 9.80. The van der Waals surface area contributed by atoms with Crippen molar-refractivity contribution >= 4 is 51.5 Å². The molecule has 1 atom stereocenters. The van der Waals surface area contributed by atoms with Crippen LogP contribution in [0.25, 0.3) is 10.8 Å². The topological polar surface area (TPSA) is 145 Å². The molecule has 0 saturated carbocycles. The van der Waals surface area contributed by atoms with E-state index in [0.717, 1.165) is 17.7 Å². The molecule has 0 radical (unpaired) electrons. The van der Waals surface area contributed by atoms with Gasteiger partial charge >= 0.3 is 0 Å². The second kappa shape index (κ2) is 13.2. The summed E-state index contributed by atoms with van der Waals surface area (Å²) < 4.78 is 0. The average Bonchev–Trinajstić information content (AvgIpc) is 2.91. The summed E-state index contributed by atoms with van der Waals surface area (Å²) in [6, 6.07) is 16.4. The number of unbranched alkanes of at least 4 members (excludes halogenated alkanes) is 1. The molecule has 9 nitrogen and oxygen atoms in total. The Bertz CT molecular complexity index is 1450.